The molecular weight excluding hydrogens is 142 g/mol. The molecule has 2 aliphatic rings. The first-order chi connectivity index (χ1) is 5.31. The van der Waals surface area contributed by atoms with E-state index in [0.717, 1.165) is 39.1 Å². The van der Waals surface area contributed by atoms with Crippen molar-refractivity contribution in [1.82, 2.24) is 4.90 Å². The Bertz CT molecular complexity index is 138. The minimum Gasteiger partial charge on any atom is -0.349 e. The summed E-state index contributed by atoms with van der Waals surface area (Å²) in [6.07, 6.45) is 2.08. The molecule has 11 heavy (non-hydrogen) atoms. The van der Waals surface area contributed by atoms with Crippen molar-refractivity contribution in [2.45, 2.75) is 18.6 Å². The fourth-order valence-electron chi connectivity index (χ4n) is 1.78. The van der Waals surface area contributed by atoms with E-state index >= 15 is 0 Å². The van der Waals surface area contributed by atoms with Crippen LogP contribution in [0.25, 0.3) is 0 Å². The predicted octanol–water partition coefficient (Wildman–Crippen LogP) is 0.455. The molecule has 2 fully saturated rings. The van der Waals surface area contributed by atoms with Crippen molar-refractivity contribution >= 4 is 0 Å². The number of ether oxygens (including phenoxy) is 2. The molecule has 2 aliphatic heterocycles. The minimum atomic E-state index is -0.229. The van der Waals surface area contributed by atoms with Gasteiger partial charge in [-0.2, -0.15) is 0 Å². The third-order valence-corrected chi connectivity index (χ3v) is 2.40. The molecule has 0 aliphatic carbocycles. The SMILES string of the molecule is CN1CCC2(C1)OCCCO2. The minimum absolute atomic E-state index is 0.229. The van der Waals surface area contributed by atoms with Gasteiger partial charge in [0.2, 0.25) is 0 Å². The quantitative estimate of drug-likeness (QED) is 0.510. The van der Waals surface area contributed by atoms with Crippen LogP contribution in [0.2, 0.25) is 0 Å². The standard InChI is InChI=1S/C8H15NO2/c1-9-4-3-8(7-9)10-5-2-6-11-8/h2-7H2,1H3. The van der Waals surface area contributed by atoms with Crippen molar-refractivity contribution in [1.29, 1.82) is 0 Å². The molecule has 2 saturated heterocycles. The Kier molecular flexibility index (Phi) is 1.87. The van der Waals surface area contributed by atoms with Crippen LogP contribution >= 0.6 is 0 Å². The second kappa shape index (κ2) is 2.73. The lowest BCUT2D eigenvalue weighted by atomic mass is 10.2. The summed E-state index contributed by atoms with van der Waals surface area (Å²) >= 11 is 0. The molecule has 2 rings (SSSR count). The fourth-order valence-corrected chi connectivity index (χ4v) is 1.78. The average Bonchev–Trinajstić information content (AvgIpc) is 2.34. The number of hydrogen-bond donors (Lipinski definition) is 0. The van der Waals surface area contributed by atoms with Crippen LogP contribution in [0.15, 0.2) is 0 Å². The van der Waals surface area contributed by atoms with E-state index in [0.29, 0.717) is 0 Å². The van der Waals surface area contributed by atoms with Gasteiger partial charge in [0, 0.05) is 13.0 Å². The molecule has 0 radical (unpaired) electrons. The maximum Gasteiger partial charge on any atom is 0.182 e. The molecular formula is C8H15NO2. The van der Waals surface area contributed by atoms with E-state index in [2.05, 4.69) is 11.9 Å². The van der Waals surface area contributed by atoms with Gasteiger partial charge in [-0.25, -0.2) is 0 Å². The van der Waals surface area contributed by atoms with Gasteiger partial charge in [-0.1, -0.05) is 0 Å². The van der Waals surface area contributed by atoms with E-state index in [-0.39, 0.29) is 5.79 Å². The summed E-state index contributed by atoms with van der Waals surface area (Å²) in [6, 6.07) is 0. The van der Waals surface area contributed by atoms with Gasteiger partial charge in [-0.15, -0.1) is 0 Å². The Balaban J connectivity index is 1.98. The molecule has 0 aromatic heterocycles. The first-order valence-corrected chi connectivity index (χ1v) is 4.27. The molecule has 0 aromatic rings. The zero-order valence-corrected chi connectivity index (χ0v) is 7.01. The first-order valence-electron chi connectivity index (χ1n) is 4.27. The summed E-state index contributed by atoms with van der Waals surface area (Å²) in [4.78, 5) is 2.26. The normalized spacial score (nSPS) is 31.4. The summed E-state index contributed by atoms with van der Waals surface area (Å²) < 4.78 is 11.3. The van der Waals surface area contributed by atoms with E-state index in [1.807, 2.05) is 0 Å². The highest BCUT2D eigenvalue weighted by Gasteiger charge is 2.40. The van der Waals surface area contributed by atoms with Gasteiger partial charge in [-0.3, -0.25) is 0 Å². The largest absolute Gasteiger partial charge is 0.349 e. The summed E-state index contributed by atoms with van der Waals surface area (Å²) in [7, 11) is 2.11. The van der Waals surface area contributed by atoms with Crippen LogP contribution in [0.5, 0.6) is 0 Å². The van der Waals surface area contributed by atoms with Crippen molar-refractivity contribution in [3.05, 3.63) is 0 Å². The molecule has 0 aromatic carbocycles. The van der Waals surface area contributed by atoms with Crippen LogP contribution in [-0.2, 0) is 9.47 Å². The summed E-state index contributed by atoms with van der Waals surface area (Å²) in [5.41, 5.74) is 0. The summed E-state index contributed by atoms with van der Waals surface area (Å²) in [5, 5.41) is 0. The lowest BCUT2D eigenvalue weighted by Crippen LogP contribution is -2.42. The Labute approximate surface area is 67.3 Å². The Morgan fingerprint density at radius 2 is 2.00 bits per heavy atom. The molecule has 0 N–H and O–H groups in total. The zero-order valence-electron chi connectivity index (χ0n) is 7.01. The van der Waals surface area contributed by atoms with Gasteiger partial charge in [0.25, 0.3) is 0 Å². The third-order valence-electron chi connectivity index (χ3n) is 2.40. The van der Waals surface area contributed by atoms with Gasteiger partial charge < -0.3 is 14.4 Å². The average molecular weight is 157 g/mol. The predicted molar refractivity (Wildman–Crippen MR) is 41.4 cm³/mol. The molecule has 2 heterocycles. The van der Waals surface area contributed by atoms with Crippen molar-refractivity contribution in [2.24, 2.45) is 0 Å². The van der Waals surface area contributed by atoms with E-state index < -0.39 is 0 Å². The summed E-state index contributed by atoms with van der Waals surface area (Å²) in [6.45, 7) is 3.77. The van der Waals surface area contributed by atoms with Crippen molar-refractivity contribution in [3.8, 4) is 0 Å². The molecule has 0 amide bonds. The first kappa shape index (κ1) is 7.53. The fraction of sp³-hybridized carbons (Fsp3) is 1.00. The van der Waals surface area contributed by atoms with Crippen LogP contribution in [-0.4, -0.2) is 44.0 Å². The number of likely N-dealkylation sites (tertiary alicyclic amines) is 1. The highest BCUT2D eigenvalue weighted by Crippen LogP contribution is 2.28. The molecule has 0 unspecified atom stereocenters. The highest BCUT2D eigenvalue weighted by molar-refractivity contribution is 4.83. The molecule has 1 spiro atoms. The summed E-state index contributed by atoms with van der Waals surface area (Å²) in [5.74, 6) is -0.229. The van der Waals surface area contributed by atoms with Crippen LogP contribution < -0.4 is 0 Å². The molecule has 3 heteroatoms. The van der Waals surface area contributed by atoms with Crippen LogP contribution in [0, 0.1) is 0 Å². The molecule has 0 atom stereocenters. The second-order valence-corrected chi connectivity index (χ2v) is 3.45. The lowest BCUT2D eigenvalue weighted by molar-refractivity contribution is -0.256. The maximum absolute atomic E-state index is 5.63. The lowest BCUT2D eigenvalue weighted by Gasteiger charge is -2.33. The van der Waals surface area contributed by atoms with Crippen molar-refractivity contribution in [2.75, 3.05) is 33.4 Å². The Morgan fingerprint density at radius 1 is 1.27 bits per heavy atom. The third kappa shape index (κ3) is 1.41. The maximum atomic E-state index is 5.63. The van der Waals surface area contributed by atoms with Crippen molar-refractivity contribution in [3.63, 3.8) is 0 Å². The molecule has 64 valence electrons. The van der Waals surface area contributed by atoms with Crippen LogP contribution in [0.1, 0.15) is 12.8 Å². The highest BCUT2D eigenvalue weighted by atomic mass is 16.7. The Morgan fingerprint density at radius 3 is 2.55 bits per heavy atom. The molecule has 0 bridgehead atoms. The van der Waals surface area contributed by atoms with E-state index in [9.17, 15) is 0 Å². The van der Waals surface area contributed by atoms with E-state index in [4.69, 9.17) is 9.47 Å². The number of nitrogens with zero attached hydrogens (tertiary/aromatic N) is 1. The second-order valence-electron chi connectivity index (χ2n) is 3.45. The van der Waals surface area contributed by atoms with E-state index in [1.165, 1.54) is 0 Å². The topological polar surface area (TPSA) is 21.7 Å². The van der Waals surface area contributed by atoms with Gasteiger partial charge >= 0.3 is 0 Å². The van der Waals surface area contributed by atoms with Crippen molar-refractivity contribution < 1.29 is 9.47 Å². The molecule has 0 saturated carbocycles. The van der Waals surface area contributed by atoms with Gasteiger partial charge in [0.1, 0.15) is 0 Å². The van der Waals surface area contributed by atoms with Gasteiger partial charge in [0.15, 0.2) is 5.79 Å². The van der Waals surface area contributed by atoms with Crippen LogP contribution in [0.3, 0.4) is 0 Å². The van der Waals surface area contributed by atoms with Gasteiger partial charge in [-0.05, 0) is 13.5 Å². The smallest absolute Gasteiger partial charge is 0.182 e. The zero-order chi connectivity index (χ0) is 7.73. The molecule has 3 nitrogen and oxygen atoms in total. The monoisotopic (exact) mass is 157 g/mol. The van der Waals surface area contributed by atoms with E-state index in [1.54, 1.807) is 0 Å². The van der Waals surface area contributed by atoms with Crippen LogP contribution in [0.4, 0.5) is 0 Å². The Hall–Kier alpha value is -0.120. The number of rotatable bonds is 0. The van der Waals surface area contributed by atoms with Gasteiger partial charge in [0.05, 0.1) is 19.8 Å². The number of hydrogen-bond acceptors (Lipinski definition) is 3. The number of likely N-dealkylation sites (N-methyl/N-ethyl adjacent to an activating group) is 1.